The second-order valence-electron chi connectivity index (χ2n) is 8.78. The zero-order valence-corrected chi connectivity index (χ0v) is 17.9. The first-order valence-corrected chi connectivity index (χ1v) is 9.70. The van der Waals surface area contributed by atoms with Crippen LogP contribution < -0.4 is 10.6 Å². The molecular formula is C24H36N2. The molecule has 0 amide bonds. The molecule has 142 valence electrons. The van der Waals surface area contributed by atoms with Gasteiger partial charge < -0.3 is 10.6 Å². The van der Waals surface area contributed by atoms with Crippen molar-refractivity contribution in [2.24, 2.45) is 5.41 Å². The predicted molar refractivity (Wildman–Crippen MR) is 115 cm³/mol. The Morgan fingerprint density at radius 1 is 0.923 bits per heavy atom. The van der Waals surface area contributed by atoms with Crippen LogP contribution >= 0.6 is 0 Å². The fourth-order valence-corrected chi connectivity index (χ4v) is 3.82. The third-order valence-corrected chi connectivity index (χ3v) is 6.10. The third kappa shape index (κ3) is 4.23. The van der Waals surface area contributed by atoms with Crippen LogP contribution in [0, 0.1) is 26.2 Å². The van der Waals surface area contributed by atoms with E-state index < -0.39 is 0 Å². The molecule has 2 rings (SSSR count). The highest BCUT2D eigenvalue weighted by Gasteiger charge is 2.39. The third-order valence-electron chi connectivity index (χ3n) is 6.10. The van der Waals surface area contributed by atoms with Crippen molar-refractivity contribution in [1.82, 2.24) is 5.32 Å². The molecule has 0 aliphatic heterocycles. The van der Waals surface area contributed by atoms with Crippen molar-refractivity contribution in [3.8, 4) is 0 Å². The van der Waals surface area contributed by atoms with E-state index in [4.69, 9.17) is 0 Å². The molecule has 0 heterocycles. The highest BCUT2D eigenvalue weighted by atomic mass is 15.0. The lowest BCUT2D eigenvalue weighted by molar-refractivity contribution is 0.220. The molecular weight excluding hydrogens is 316 g/mol. The second-order valence-corrected chi connectivity index (χ2v) is 8.78. The molecule has 1 aromatic rings. The van der Waals surface area contributed by atoms with Gasteiger partial charge >= 0.3 is 0 Å². The Kier molecular flexibility index (Phi) is 6.05. The molecule has 2 heteroatoms. The SMILES string of the molecule is CC1=C(C(C)(C)C(C)(C)N/C=C\Nc2c(C)cc(C)cc2C)C=CCC1. The van der Waals surface area contributed by atoms with E-state index in [0.29, 0.717) is 0 Å². The van der Waals surface area contributed by atoms with Crippen LogP contribution in [-0.2, 0) is 0 Å². The van der Waals surface area contributed by atoms with Crippen molar-refractivity contribution >= 4 is 5.69 Å². The van der Waals surface area contributed by atoms with Crippen LogP contribution in [0.5, 0.6) is 0 Å². The van der Waals surface area contributed by atoms with Gasteiger partial charge in [-0.05, 0) is 71.1 Å². The molecule has 2 N–H and O–H groups in total. The predicted octanol–water partition coefficient (Wildman–Crippen LogP) is 6.56. The molecule has 0 radical (unpaired) electrons. The Morgan fingerprint density at radius 2 is 1.54 bits per heavy atom. The smallest absolute Gasteiger partial charge is 0.0439 e. The number of hydrogen-bond donors (Lipinski definition) is 2. The number of allylic oxidation sites excluding steroid dienone is 3. The van der Waals surface area contributed by atoms with Crippen LogP contribution in [0.15, 0.2) is 47.8 Å². The quantitative estimate of drug-likeness (QED) is 0.606. The highest BCUT2D eigenvalue weighted by molar-refractivity contribution is 5.59. The van der Waals surface area contributed by atoms with Gasteiger partial charge in [-0.2, -0.15) is 0 Å². The van der Waals surface area contributed by atoms with Gasteiger partial charge in [-0.25, -0.2) is 0 Å². The molecule has 26 heavy (non-hydrogen) atoms. The molecule has 0 unspecified atom stereocenters. The maximum Gasteiger partial charge on any atom is 0.0439 e. The number of rotatable bonds is 6. The summed E-state index contributed by atoms with van der Waals surface area (Å²) in [5.41, 5.74) is 8.00. The van der Waals surface area contributed by atoms with E-state index in [1.54, 1.807) is 0 Å². The van der Waals surface area contributed by atoms with Gasteiger partial charge in [0.2, 0.25) is 0 Å². The zero-order valence-electron chi connectivity index (χ0n) is 17.9. The van der Waals surface area contributed by atoms with Crippen LogP contribution in [0.25, 0.3) is 0 Å². The van der Waals surface area contributed by atoms with Crippen LogP contribution in [0.4, 0.5) is 5.69 Å². The molecule has 0 atom stereocenters. The van der Waals surface area contributed by atoms with Crippen molar-refractivity contribution in [2.45, 2.75) is 73.8 Å². The van der Waals surface area contributed by atoms with Crippen molar-refractivity contribution in [1.29, 1.82) is 0 Å². The maximum absolute atomic E-state index is 3.63. The Bertz CT molecular complexity index is 722. The minimum Gasteiger partial charge on any atom is -0.384 e. The van der Waals surface area contributed by atoms with Gasteiger partial charge in [0.1, 0.15) is 0 Å². The summed E-state index contributed by atoms with van der Waals surface area (Å²) in [5.74, 6) is 0. The topological polar surface area (TPSA) is 24.1 Å². The summed E-state index contributed by atoms with van der Waals surface area (Å²) < 4.78 is 0. The fourth-order valence-electron chi connectivity index (χ4n) is 3.82. The molecule has 2 nitrogen and oxygen atoms in total. The molecule has 1 aliphatic carbocycles. The average Bonchev–Trinajstić information content (AvgIpc) is 2.53. The zero-order chi connectivity index (χ0) is 19.5. The Balaban J connectivity index is 2.10. The van der Waals surface area contributed by atoms with Crippen molar-refractivity contribution in [2.75, 3.05) is 5.32 Å². The summed E-state index contributed by atoms with van der Waals surface area (Å²) in [6.45, 7) is 18.0. The van der Waals surface area contributed by atoms with Crippen molar-refractivity contribution in [3.05, 3.63) is 64.5 Å². The molecule has 1 aromatic carbocycles. The minimum absolute atomic E-state index is 0.0357. The molecule has 0 fully saturated rings. The van der Waals surface area contributed by atoms with Crippen LogP contribution in [-0.4, -0.2) is 5.54 Å². The number of anilines is 1. The van der Waals surface area contributed by atoms with E-state index in [9.17, 15) is 0 Å². The first-order chi connectivity index (χ1) is 12.1. The monoisotopic (exact) mass is 352 g/mol. The van der Waals surface area contributed by atoms with E-state index in [0.717, 1.165) is 0 Å². The number of nitrogens with one attached hydrogen (secondary N) is 2. The standard InChI is InChI=1S/C24H36N2/c1-17-15-19(3)22(20(4)16-17)25-13-14-26-24(7,8)23(5,6)21-12-10-9-11-18(21)2/h10,12-16,25-26H,9,11H2,1-8H3/b14-13-. The van der Waals surface area contributed by atoms with E-state index in [1.807, 2.05) is 12.4 Å². The van der Waals surface area contributed by atoms with Gasteiger partial charge in [0, 0.05) is 29.0 Å². The normalized spacial score (nSPS) is 15.7. The fraction of sp³-hybridized carbons (Fsp3) is 0.500. The van der Waals surface area contributed by atoms with Gasteiger partial charge in [-0.1, -0.05) is 49.3 Å². The molecule has 0 saturated heterocycles. The van der Waals surface area contributed by atoms with Gasteiger partial charge in [0.25, 0.3) is 0 Å². The van der Waals surface area contributed by atoms with Gasteiger partial charge in [0.15, 0.2) is 0 Å². The molecule has 0 bridgehead atoms. The lowest BCUT2D eigenvalue weighted by Crippen LogP contribution is -2.50. The molecule has 0 aromatic heterocycles. The van der Waals surface area contributed by atoms with E-state index >= 15 is 0 Å². The van der Waals surface area contributed by atoms with Crippen molar-refractivity contribution < 1.29 is 0 Å². The summed E-state index contributed by atoms with van der Waals surface area (Å²) in [5, 5.41) is 7.08. The lowest BCUT2D eigenvalue weighted by atomic mass is 9.67. The average molecular weight is 353 g/mol. The van der Waals surface area contributed by atoms with Gasteiger partial charge in [-0.15, -0.1) is 0 Å². The summed E-state index contributed by atoms with van der Waals surface area (Å²) in [6.07, 6.45) is 11.0. The molecule has 0 spiro atoms. The number of aryl methyl sites for hydroxylation is 3. The minimum atomic E-state index is -0.0686. The highest BCUT2D eigenvalue weighted by Crippen LogP contribution is 2.42. The maximum atomic E-state index is 3.63. The summed E-state index contributed by atoms with van der Waals surface area (Å²) in [4.78, 5) is 0. The number of hydrogen-bond acceptors (Lipinski definition) is 2. The van der Waals surface area contributed by atoms with Crippen LogP contribution in [0.1, 0.15) is 64.2 Å². The lowest BCUT2D eigenvalue weighted by Gasteiger charge is -2.44. The summed E-state index contributed by atoms with van der Waals surface area (Å²) >= 11 is 0. The van der Waals surface area contributed by atoms with Crippen LogP contribution in [0.3, 0.4) is 0 Å². The van der Waals surface area contributed by atoms with E-state index in [1.165, 1.54) is 46.4 Å². The first kappa shape index (κ1) is 20.4. The Labute approximate surface area is 160 Å². The number of benzene rings is 1. The first-order valence-electron chi connectivity index (χ1n) is 9.70. The Morgan fingerprint density at radius 3 is 2.12 bits per heavy atom. The van der Waals surface area contributed by atoms with E-state index in [-0.39, 0.29) is 11.0 Å². The second kappa shape index (κ2) is 7.73. The largest absolute Gasteiger partial charge is 0.384 e. The van der Waals surface area contributed by atoms with Crippen molar-refractivity contribution in [3.63, 3.8) is 0 Å². The van der Waals surface area contributed by atoms with Gasteiger partial charge in [0.05, 0.1) is 0 Å². The van der Waals surface area contributed by atoms with Crippen LogP contribution in [0.2, 0.25) is 0 Å². The summed E-state index contributed by atoms with van der Waals surface area (Å²) in [6, 6.07) is 4.43. The Hall–Kier alpha value is -1.96. The van der Waals surface area contributed by atoms with E-state index in [2.05, 4.69) is 90.3 Å². The summed E-state index contributed by atoms with van der Waals surface area (Å²) in [7, 11) is 0. The van der Waals surface area contributed by atoms with Gasteiger partial charge in [-0.3, -0.25) is 0 Å². The molecule has 1 aliphatic rings. The molecule has 0 saturated carbocycles.